The number of furan rings is 1. The Balaban J connectivity index is 1.26. The quantitative estimate of drug-likeness (QED) is 0.306. The number of carbonyl (C=O) groups excluding carboxylic acids is 1. The van der Waals surface area contributed by atoms with E-state index in [-0.39, 0.29) is 29.7 Å². The zero-order valence-electron chi connectivity index (χ0n) is 21.9. The number of hydrogen-bond acceptors (Lipinski definition) is 5. The van der Waals surface area contributed by atoms with E-state index in [0.717, 1.165) is 39.6 Å². The smallest absolute Gasteiger partial charge is 0.340 e. The minimum absolute atomic E-state index is 0.0151. The average Bonchev–Trinajstić information content (AvgIpc) is 3.37. The second-order valence-electron chi connectivity index (χ2n) is 11.0. The van der Waals surface area contributed by atoms with Crippen molar-refractivity contribution in [1.82, 2.24) is 9.47 Å². The maximum absolute atomic E-state index is 13.6. The Morgan fingerprint density at radius 2 is 1.79 bits per heavy atom. The third-order valence-corrected chi connectivity index (χ3v) is 8.53. The van der Waals surface area contributed by atoms with Crippen LogP contribution in [0.5, 0.6) is 0 Å². The van der Waals surface area contributed by atoms with Crippen LogP contribution in [0.1, 0.15) is 34.7 Å². The molecule has 1 saturated heterocycles. The normalized spacial score (nSPS) is 18.5. The van der Waals surface area contributed by atoms with Gasteiger partial charge in [0.2, 0.25) is 5.91 Å². The number of carbonyl (C=O) groups is 1. The first kappa shape index (κ1) is 23.7. The summed E-state index contributed by atoms with van der Waals surface area (Å²) >= 11 is 0. The predicted molar refractivity (Wildman–Crippen MR) is 149 cm³/mol. The summed E-state index contributed by atoms with van der Waals surface area (Å²) in [6.45, 7) is 5.59. The van der Waals surface area contributed by atoms with Crippen molar-refractivity contribution in [2.45, 2.75) is 39.2 Å². The molecule has 2 aromatic carbocycles. The van der Waals surface area contributed by atoms with Gasteiger partial charge in [-0.25, -0.2) is 4.79 Å². The molecular formula is C32H28N2O5. The molecule has 1 amide bonds. The summed E-state index contributed by atoms with van der Waals surface area (Å²) in [4.78, 5) is 40.9. The summed E-state index contributed by atoms with van der Waals surface area (Å²) in [6, 6.07) is 17.3. The topological polar surface area (TPSA) is 85.7 Å². The van der Waals surface area contributed by atoms with Crippen LogP contribution in [0.4, 0.5) is 0 Å². The van der Waals surface area contributed by atoms with Gasteiger partial charge in [-0.05, 0) is 55.0 Å². The first-order valence-electron chi connectivity index (χ1n) is 13.4. The highest BCUT2D eigenvalue weighted by Crippen LogP contribution is 2.39. The third kappa shape index (κ3) is 3.75. The van der Waals surface area contributed by atoms with Gasteiger partial charge in [-0.2, -0.15) is 0 Å². The van der Waals surface area contributed by atoms with Gasteiger partial charge in [0.25, 0.3) is 5.56 Å². The molecule has 5 heterocycles. The van der Waals surface area contributed by atoms with E-state index in [1.165, 1.54) is 0 Å². The van der Waals surface area contributed by atoms with Crippen molar-refractivity contribution in [3.63, 3.8) is 0 Å². The van der Waals surface area contributed by atoms with Gasteiger partial charge in [0, 0.05) is 48.3 Å². The van der Waals surface area contributed by atoms with Gasteiger partial charge in [0.1, 0.15) is 11.2 Å². The minimum Gasteiger partial charge on any atom is -0.463 e. The lowest BCUT2D eigenvalue weighted by molar-refractivity contribution is -0.133. The van der Waals surface area contributed by atoms with Gasteiger partial charge in [-0.1, -0.05) is 36.4 Å². The number of fused-ring (bicyclic) bond motifs is 7. The first-order valence-corrected chi connectivity index (χ1v) is 13.4. The Bertz CT molecular complexity index is 1900. The highest BCUT2D eigenvalue weighted by Gasteiger charge is 2.36. The number of pyridine rings is 1. The maximum atomic E-state index is 13.6. The van der Waals surface area contributed by atoms with Crippen LogP contribution in [-0.2, 0) is 17.8 Å². The molecule has 0 aliphatic carbocycles. The number of hydrogen-bond donors (Lipinski definition) is 0. The van der Waals surface area contributed by atoms with E-state index in [1.54, 1.807) is 18.4 Å². The van der Waals surface area contributed by atoms with E-state index in [1.807, 2.05) is 65.8 Å². The number of aryl methyl sites for hydroxylation is 2. The standard InChI is InChI=1S/C32H28N2O5/c1-18-11-26-30(31-29(18)24(17-38-31)21-7-4-3-5-8-21)19(2)23(32(37)39-26)13-28(36)33-14-20-12-22(16-33)25-9-6-10-27(35)34(25)15-20/h3-11,17,20,22H,12-16H2,1-2H3/t20-,22+/m0/s1. The van der Waals surface area contributed by atoms with Crippen LogP contribution in [0, 0.1) is 19.8 Å². The predicted octanol–water partition coefficient (Wildman–Crippen LogP) is 5.17. The van der Waals surface area contributed by atoms with Gasteiger partial charge >= 0.3 is 5.63 Å². The zero-order valence-corrected chi connectivity index (χ0v) is 21.9. The summed E-state index contributed by atoms with van der Waals surface area (Å²) in [5.74, 6) is 0.238. The molecule has 2 aliphatic rings. The zero-order chi connectivity index (χ0) is 26.8. The van der Waals surface area contributed by atoms with E-state index >= 15 is 0 Å². The maximum Gasteiger partial charge on any atom is 0.340 e. The molecule has 0 spiro atoms. The summed E-state index contributed by atoms with van der Waals surface area (Å²) in [5, 5.41) is 1.70. The fourth-order valence-electron chi connectivity index (χ4n) is 6.69. The van der Waals surface area contributed by atoms with Crippen molar-refractivity contribution in [3.05, 3.63) is 104 Å². The molecule has 5 aromatic rings. The Morgan fingerprint density at radius 3 is 2.62 bits per heavy atom. The number of nitrogens with zero attached hydrogens (tertiary/aromatic N) is 2. The second-order valence-corrected chi connectivity index (χ2v) is 11.0. The van der Waals surface area contributed by atoms with Gasteiger partial charge in [0.05, 0.1) is 23.6 Å². The van der Waals surface area contributed by atoms with Crippen molar-refractivity contribution in [2.75, 3.05) is 13.1 Å². The van der Waals surface area contributed by atoms with Crippen LogP contribution in [0.3, 0.4) is 0 Å². The molecule has 196 valence electrons. The van der Waals surface area contributed by atoms with Gasteiger partial charge < -0.3 is 18.3 Å². The summed E-state index contributed by atoms with van der Waals surface area (Å²) in [5.41, 5.74) is 5.69. The molecule has 39 heavy (non-hydrogen) atoms. The summed E-state index contributed by atoms with van der Waals surface area (Å²) in [6.07, 6.45) is 2.67. The molecule has 2 bridgehead atoms. The summed E-state index contributed by atoms with van der Waals surface area (Å²) < 4.78 is 13.7. The number of amides is 1. The van der Waals surface area contributed by atoms with E-state index < -0.39 is 5.63 Å². The van der Waals surface area contributed by atoms with Gasteiger partial charge in [0.15, 0.2) is 0 Å². The van der Waals surface area contributed by atoms with Crippen molar-refractivity contribution < 1.29 is 13.6 Å². The van der Waals surface area contributed by atoms with E-state index in [4.69, 9.17) is 8.83 Å². The molecular weight excluding hydrogens is 492 g/mol. The van der Waals surface area contributed by atoms with Crippen LogP contribution in [0.15, 0.2) is 79.3 Å². The van der Waals surface area contributed by atoms with Gasteiger partial charge in [-0.3, -0.25) is 9.59 Å². The Kier molecular flexibility index (Phi) is 5.37. The second kappa shape index (κ2) is 8.83. The van der Waals surface area contributed by atoms with E-state index in [2.05, 4.69) is 0 Å². The fraction of sp³-hybridized carbons (Fsp3) is 0.281. The average molecular weight is 521 g/mol. The Morgan fingerprint density at radius 1 is 0.974 bits per heavy atom. The monoisotopic (exact) mass is 520 g/mol. The number of benzene rings is 2. The Labute approximate surface area is 224 Å². The highest BCUT2D eigenvalue weighted by atomic mass is 16.4. The SMILES string of the molecule is Cc1cc2oc(=O)c(CC(=O)N3C[C@@H]4C[C@H](C3)c3cccc(=O)n3C4)c(C)c2c2occ(-c3ccccc3)c12. The van der Waals surface area contributed by atoms with Crippen molar-refractivity contribution in [1.29, 1.82) is 0 Å². The molecule has 2 atom stereocenters. The van der Waals surface area contributed by atoms with Crippen LogP contribution in [-0.4, -0.2) is 28.5 Å². The number of piperidine rings is 1. The Hall–Kier alpha value is -4.39. The van der Waals surface area contributed by atoms with Crippen LogP contribution in [0.25, 0.3) is 33.1 Å². The molecule has 0 saturated carbocycles. The van der Waals surface area contributed by atoms with Crippen molar-refractivity contribution >= 4 is 27.8 Å². The molecule has 7 rings (SSSR count). The molecule has 1 fully saturated rings. The van der Waals surface area contributed by atoms with Gasteiger partial charge in [-0.15, -0.1) is 0 Å². The molecule has 3 aromatic heterocycles. The number of aromatic nitrogens is 1. The number of likely N-dealkylation sites (tertiary alicyclic amines) is 1. The lowest BCUT2D eigenvalue weighted by Crippen LogP contribution is -2.49. The number of rotatable bonds is 3. The highest BCUT2D eigenvalue weighted by molar-refractivity contribution is 6.11. The van der Waals surface area contributed by atoms with Crippen LogP contribution >= 0.6 is 0 Å². The molecule has 2 aliphatic heterocycles. The summed E-state index contributed by atoms with van der Waals surface area (Å²) in [7, 11) is 0. The third-order valence-electron chi connectivity index (χ3n) is 8.53. The first-order chi connectivity index (χ1) is 18.9. The fourth-order valence-corrected chi connectivity index (χ4v) is 6.69. The van der Waals surface area contributed by atoms with Crippen LogP contribution < -0.4 is 11.2 Å². The van der Waals surface area contributed by atoms with Crippen molar-refractivity contribution in [2.24, 2.45) is 5.92 Å². The van der Waals surface area contributed by atoms with E-state index in [0.29, 0.717) is 41.9 Å². The molecule has 7 nitrogen and oxygen atoms in total. The molecule has 7 heteroatoms. The molecule has 0 N–H and O–H groups in total. The minimum atomic E-state index is -0.490. The lowest BCUT2D eigenvalue weighted by Gasteiger charge is -2.42. The van der Waals surface area contributed by atoms with Crippen molar-refractivity contribution in [3.8, 4) is 11.1 Å². The molecule has 0 unspecified atom stereocenters. The largest absolute Gasteiger partial charge is 0.463 e. The van der Waals surface area contributed by atoms with E-state index in [9.17, 15) is 14.4 Å². The van der Waals surface area contributed by atoms with Crippen LogP contribution in [0.2, 0.25) is 0 Å². The lowest BCUT2D eigenvalue weighted by atomic mass is 9.83. The molecule has 0 radical (unpaired) electrons.